The first kappa shape index (κ1) is 15.4. The first-order chi connectivity index (χ1) is 12.2. The number of hydrogen-bond donors (Lipinski definition) is 0. The number of aromatic nitrogens is 4. The molecule has 0 spiro atoms. The molecule has 0 aliphatic heterocycles. The summed E-state index contributed by atoms with van der Waals surface area (Å²) in [5.74, 6) is 0.299. The summed E-state index contributed by atoms with van der Waals surface area (Å²) in [6.07, 6.45) is 1.79. The Hall–Kier alpha value is -3.14. The minimum Gasteiger partial charge on any atom is -0.232 e. The van der Waals surface area contributed by atoms with Crippen LogP contribution in [0.1, 0.15) is 25.5 Å². The molecule has 4 rings (SSSR count). The van der Waals surface area contributed by atoms with Crippen molar-refractivity contribution < 1.29 is 0 Å². The highest BCUT2D eigenvalue weighted by Gasteiger charge is 2.15. The summed E-state index contributed by atoms with van der Waals surface area (Å²) in [6.45, 7) is 4.19. The maximum absolute atomic E-state index is 4.83. The van der Waals surface area contributed by atoms with Crippen LogP contribution in [0.4, 0.5) is 0 Å². The maximum atomic E-state index is 4.83. The number of fused-ring (bicyclic) bond motifs is 1. The minimum absolute atomic E-state index is 0.299. The van der Waals surface area contributed by atoms with E-state index in [-0.39, 0.29) is 0 Å². The molecule has 4 nitrogen and oxygen atoms in total. The van der Waals surface area contributed by atoms with Crippen molar-refractivity contribution in [2.45, 2.75) is 19.8 Å². The largest absolute Gasteiger partial charge is 0.232 e. The molecule has 0 aliphatic carbocycles. The Kier molecular flexibility index (Phi) is 3.94. The molecule has 0 fully saturated rings. The molecule has 0 bridgehead atoms. The van der Waals surface area contributed by atoms with Crippen LogP contribution in [-0.4, -0.2) is 19.9 Å². The van der Waals surface area contributed by atoms with Crippen molar-refractivity contribution >= 4 is 11.3 Å². The lowest BCUT2D eigenvalue weighted by Gasteiger charge is -2.11. The van der Waals surface area contributed by atoms with Crippen LogP contribution in [0.15, 0.2) is 66.9 Å². The summed E-state index contributed by atoms with van der Waals surface area (Å²) in [5.41, 5.74) is 5.78. The van der Waals surface area contributed by atoms with Gasteiger partial charge >= 0.3 is 0 Å². The first-order valence-corrected chi connectivity index (χ1v) is 8.38. The summed E-state index contributed by atoms with van der Waals surface area (Å²) in [7, 11) is 0. The van der Waals surface area contributed by atoms with Gasteiger partial charge in [0.15, 0.2) is 11.3 Å². The van der Waals surface area contributed by atoms with Gasteiger partial charge in [0.05, 0.1) is 23.3 Å². The molecule has 0 amide bonds. The zero-order valence-electron chi connectivity index (χ0n) is 14.2. The molecular weight excluding hydrogens is 308 g/mol. The van der Waals surface area contributed by atoms with E-state index in [1.165, 1.54) is 0 Å². The lowest BCUT2D eigenvalue weighted by molar-refractivity contribution is 0.818. The van der Waals surface area contributed by atoms with E-state index in [2.05, 4.69) is 23.8 Å². The predicted molar refractivity (Wildman–Crippen MR) is 100 cm³/mol. The van der Waals surface area contributed by atoms with Gasteiger partial charge in [0.25, 0.3) is 0 Å². The Morgan fingerprint density at radius 2 is 1.16 bits per heavy atom. The fraction of sp³-hybridized carbons (Fsp3) is 0.143. The Labute approximate surface area is 146 Å². The van der Waals surface area contributed by atoms with Gasteiger partial charge in [0.1, 0.15) is 0 Å². The lowest BCUT2D eigenvalue weighted by atomic mass is 10.0. The lowest BCUT2D eigenvalue weighted by Crippen LogP contribution is -2.02. The number of benzene rings is 2. The monoisotopic (exact) mass is 326 g/mol. The molecule has 4 heteroatoms. The van der Waals surface area contributed by atoms with Crippen molar-refractivity contribution in [1.82, 2.24) is 19.9 Å². The topological polar surface area (TPSA) is 51.6 Å². The molecular formula is C21H18N4. The fourth-order valence-corrected chi connectivity index (χ4v) is 2.73. The Bertz CT molecular complexity index is 1010. The third-order valence-corrected chi connectivity index (χ3v) is 4.10. The van der Waals surface area contributed by atoms with E-state index in [1.54, 1.807) is 6.20 Å². The zero-order valence-corrected chi connectivity index (χ0v) is 14.2. The second-order valence-electron chi connectivity index (χ2n) is 6.25. The van der Waals surface area contributed by atoms with Gasteiger partial charge in [-0.3, -0.25) is 0 Å². The number of rotatable bonds is 3. The number of nitrogens with zero attached hydrogens (tertiary/aromatic N) is 4. The van der Waals surface area contributed by atoms with Gasteiger partial charge in [-0.15, -0.1) is 0 Å². The summed E-state index contributed by atoms with van der Waals surface area (Å²) in [6, 6.07) is 20.2. The molecule has 0 saturated heterocycles. The summed E-state index contributed by atoms with van der Waals surface area (Å²) in [4.78, 5) is 18.8. The van der Waals surface area contributed by atoms with Crippen LogP contribution < -0.4 is 0 Å². The Morgan fingerprint density at radius 3 is 1.68 bits per heavy atom. The molecule has 2 heterocycles. The highest BCUT2D eigenvalue weighted by atomic mass is 15.0. The van der Waals surface area contributed by atoms with Gasteiger partial charge in [-0.1, -0.05) is 74.5 Å². The van der Waals surface area contributed by atoms with E-state index in [4.69, 9.17) is 9.97 Å². The third kappa shape index (κ3) is 2.98. The molecule has 2 aromatic carbocycles. The van der Waals surface area contributed by atoms with Gasteiger partial charge in [-0.25, -0.2) is 19.9 Å². The fourth-order valence-electron chi connectivity index (χ4n) is 2.73. The van der Waals surface area contributed by atoms with Gasteiger partial charge in [-0.05, 0) is 5.92 Å². The van der Waals surface area contributed by atoms with Crippen LogP contribution in [0, 0.1) is 0 Å². The quantitative estimate of drug-likeness (QED) is 0.538. The van der Waals surface area contributed by atoms with Crippen LogP contribution in [0.5, 0.6) is 0 Å². The predicted octanol–water partition coefficient (Wildman–Crippen LogP) is 4.88. The van der Waals surface area contributed by atoms with Crippen LogP contribution in [-0.2, 0) is 0 Å². The van der Waals surface area contributed by atoms with Crippen molar-refractivity contribution in [2.24, 2.45) is 0 Å². The summed E-state index contributed by atoms with van der Waals surface area (Å²) >= 11 is 0. The Balaban J connectivity index is 2.00. The molecule has 4 aromatic rings. The van der Waals surface area contributed by atoms with E-state index >= 15 is 0 Å². The van der Waals surface area contributed by atoms with Gasteiger partial charge in [0, 0.05) is 11.1 Å². The van der Waals surface area contributed by atoms with Crippen molar-refractivity contribution in [3.8, 4) is 22.5 Å². The van der Waals surface area contributed by atoms with E-state index in [1.807, 2.05) is 60.7 Å². The maximum Gasteiger partial charge on any atom is 0.198 e. The third-order valence-electron chi connectivity index (χ3n) is 4.10. The molecule has 0 radical (unpaired) electrons. The number of hydrogen-bond acceptors (Lipinski definition) is 4. The van der Waals surface area contributed by atoms with Crippen molar-refractivity contribution in [1.29, 1.82) is 0 Å². The molecule has 0 N–H and O–H groups in total. The molecule has 0 saturated carbocycles. The van der Waals surface area contributed by atoms with E-state index in [0.717, 1.165) is 28.2 Å². The van der Waals surface area contributed by atoms with Crippen LogP contribution in [0.2, 0.25) is 0 Å². The average molecular weight is 326 g/mol. The van der Waals surface area contributed by atoms with E-state index in [0.29, 0.717) is 17.2 Å². The summed E-state index contributed by atoms with van der Waals surface area (Å²) in [5, 5.41) is 0. The van der Waals surface area contributed by atoms with Crippen LogP contribution in [0.25, 0.3) is 33.8 Å². The smallest absolute Gasteiger partial charge is 0.198 e. The van der Waals surface area contributed by atoms with Crippen molar-refractivity contribution in [2.75, 3.05) is 0 Å². The molecule has 0 aliphatic rings. The van der Waals surface area contributed by atoms with Crippen LogP contribution in [0.3, 0.4) is 0 Å². The normalized spacial score (nSPS) is 11.2. The van der Waals surface area contributed by atoms with E-state index in [9.17, 15) is 0 Å². The summed E-state index contributed by atoms with van der Waals surface area (Å²) < 4.78 is 0. The average Bonchev–Trinajstić information content (AvgIpc) is 2.68. The minimum atomic E-state index is 0.299. The standard InChI is InChI=1S/C21H18N4/c1-14(2)17-13-22-20-21(23-17)25-19(16-11-7-4-8-12-16)18(24-20)15-9-5-3-6-10-15/h3-14H,1-2H3. The van der Waals surface area contributed by atoms with E-state index < -0.39 is 0 Å². The molecule has 25 heavy (non-hydrogen) atoms. The zero-order chi connectivity index (χ0) is 17.2. The van der Waals surface area contributed by atoms with Gasteiger partial charge in [-0.2, -0.15) is 0 Å². The first-order valence-electron chi connectivity index (χ1n) is 8.38. The van der Waals surface area contributed by atoms with Gasteiger partial charge < -0.3 is 0 Å². The highest BCUT2D eigenvalue weighted by Crippen LogP contribution is 2.30. The van der Waals surface area contributed by atoms with Crippen LogP contribution >= 0.6 is 0 Å². The molecule has 2 aromatic heterocycles. The molecule has 122 valence electrons. The second-order valence-corrected chi connectivity index (χ2v) is 6.25. The molecule has 0 atom stereocenters. The molecule has 0 unspecified atom stereocenters. The highest BCUT2D eigenvalue weighted by molar-refractivity contribution is 5.83. The second kappa shape index (κ2) is 6.40. The SMILES string of the molecule is CC(C)c1cnc2nc(-c3ccccc3)c(-c3ccccc3)nc2n1. The van der Waals surface area contributed by atoms with Crippen molar-refractivity contribution in [3.63, 3.8) is 0 Å². The van der Waals surface area contributed by atoms with Gasteiger partial charge in [0.2, 0.25) is 0 Å². The Morgan fingerprint density at radius 1 is 0.640 bits per heavy atom. The van der Waals surface area contributed by atoms with Crippen molar-refractivity contribution in [3.05, 3.63) is 72.6 Å².